The van der Waals surface area contributed by atoms with E-state index in [1.165, 1.54) is 4.80 Å². The monoisotopic (exact) mass is 448 g/mol. The topological polar surface area (TPSA) is 104 Å². The summed E-state index contributed by atoms with van der Waals surface area (Å²) in [4.78, 5) is 22.4. The third-order valence-electron chi connectivity index (χ3n) is 5.17. The van der Waals surface area contributed by atoms with Gasteiger partial charge in [0.05, 0.1) is 12.1 Å². The molecule has 1 fully saturated rings. The number of piperazine rings is 1. The van der Waals surface area contributed by atoms with Gasteiger partial charge in [-0.1, -0.05) is 17.7 Å². The van der Waals surface area contributed by atoms with Gasteiger partial charge in [0.25, 0.3) is 0 Å². The molecule has 1 saturated heterocycles. The lowest BCUT2D eigenvalue weighted by Crippen LogP contribution is -2.48. The quantitative estimate of drug-likeness (QED) is 0.551. The second-order valence-electron chi connectivity index (χ2n) is 7.34. The summed E-state index contributed by atoms with van der Waals surface area (Å²) in [5.74, 6) is 1.19. The minimum absolute atomic E-state index is 0.0678. The number of benzene rings is 1. The van der Waals surface area contributed by atoms with E-state index < -0.39 is 0 Å². The highest BCUT2D eigenvalue weighted by atomic mass is 35.5. The number of tetrazole rings is 1. The number of pyridine rings is 1. The predicted octanol–water partition coefficient (Wildman–Crippen LogP) is 2.31. The average molecular weight is 449 g/mol. The van der Waals surface area contributed by atoms with Crippen molar-refractivity contribution in [1.82, 2.24) is 30.1 Å². The zero-order valence-corrected chi connectivity index (χ0v) is 18.3. The van der Waals surface area contributed by atoms with E-state index in [1.807, 2.05) is 17.0 Å². The van der Waals surface area contributed by atoms with Crippen LogP contribution in [0.4, 0.5) is 5.82 Å². The van der Waals surface area contributed by atoms with Crippen LogP contribution in [0.25, 0.3) is 6.08 Å². The van der Waals surface area contributed by atoms with Crippen LogP contribution in [0.2, 0.25) is 5.02 Å². The molecule has 0 unspecified atom stereocenters. The van der Waals surface area contributed by atoms with Crippen LogP contribution in [0.3, 0.4) is 0 Å². The van der Waals surface area contributed by atoms with E-state index >= 15 is 0 Å². The minimum atomic E-state index is -0.0678. The minimum Gasteiger partial charge on any atom is -0.352 e. The number of aryl methyl sites for hydroxylation is 1. The first kappa shape index (κ1) is 21.5. The molecule has 0 saturated carbocycles. The largest absolute Gasteiger partial charge is 0.352 e. The highest BCUT2D eigenvalue weighted by Gasteiger charge is 2.22. The molecular formula is C22H21ClN8O. The lowest BCUT2D eigenvalue weighted by atomic mass is 10.1. The standard InChI is InChI=1S/C22H21ClN8O/c1-16-26-28-31(27-16)15-19-13-20(23)6-4-17(19)5-7-21(32)29-9-11-30(12-10-29)22-18(14-24)3-2-8-25-22/h2-8,13H,9-12,15H2,1H3. The normalized spacial score (nSPS) is 14.0. The number of aromatic nitrogens is 5. The molecule has 0 spiro atoms. The smallest absolute Gasteiger partial charge is 0.246 e. The molecule has 4 rings (SSSR count). The Hall–Kier alpha value is -3.77. The summed E-state index contributed by atoms with van der Waals surface area (Å²) in [7, 11) is 0. The third kappa shape index (κ3) is 4.92. The molecule has 1 amide bonds. The van der Waals surface area contributed by atoms with E-state index in [0.717, 1.165) is 11.1 Å². The fraction of sp³-hybridized carbons (Fsp3) is 0.273. The molecule has 3 aromatic rings. The van der Waals surface area contributed by atoms with Gasteiger partial charge in [-0.25, -0.2) is 4.98 Å². The molecule has 0 bridgehead atoms. The molecule has 0 aliphatic carbocycles. The number of hydrogen-bond donors (Lipinski definition) is 0. The van der Waals surface area contributed by atoms with Gasteiger partial charge in [0.15, 0.2) is 5.82 Å². The van der Waals surface area contributed by atoms with Crippen molar-refractivity contribution in [2.45, 2.75) is 13.5 Å². The van der Waals surface area contributed by atoms with E-state index in [-0.39, 0.29) is 5.91 Å². The van der Waals surface area contributed by atoms with Crippen molar-refractivity contribution in [3.63, 3.8) is 0 Å². The maximum absolute atomic E-state index is 12.8. The van der Waals surface area contributed by atoms with Crippen molar-refractivity contribution in [1.29, 1.82) is 5.26 Å². The zero-order chi connectivity index (χ0) is 22.5. The Bertz CT molecular complexity index is 1190. The summed E-state index contributed by atoms with van der Waals surface area (Å²) < 4.78 is 0. The first-order chi connectivity index (χ1) is 15.5. The predicted molar refractivity (Wildman–Crippen MR) is 120 cm³/mol. The molecule has 1 aromatic carbocycles. The molecule has 1 aliphatic heterocycles. The number of nitrogens with zero attached hydrogens (tertiary/aromatic N) is 8. The Morgan fingerprint density at radius 3 is 2.78 bits per heavy atom. The first-order valence-electron chi connectivity index (χ1n) is 10.1. The molecule has 32 heavy (non-hydrogen) atoms. The van der Waals surface area contributed by atoms with Crippen LogP contribution in [0.1, 0.15) is 22.5 Å². The van der Waals surface area contributed by atoms with Gasteiger partial charge in [0.1, 0.15) is 11.9 Å². The first-order valence-corrected chi connectivity index (χ1v) is 10.5. The lowest BCUT2D eigenvalue weighted by molar-refractivity contribution is -0.126. The molecule has 9 nitrogen and oxygen atoms in total. The van der Waals surface area contributed by atoms with E-state index in [1.54, 1.807) is 48.4 Å². The van der Waals surface area contributed by atoms with Gasteiger partial charge in [0, 0.05) is 43.5 Å². The second kappa shape index (κ2) is 9.58. The zero-order valence-electron chi connectivity index (χ0n) is 17.5. The Kier molecular flexibility index (Phi) is 6.42. The number of amides is 1. The SMILES string of the molecule is Cc1nnn(Cc2cc(Cl)ccc2C=CC(=O)N2CCN(c3ncccc3C#N)CC2)n1. The summed E-state index contributed by atoms with van der Waals surface area (Å²) >= 11 is 6.16. The molecule has 0 N–H and O–H groups in total. The fourth-order valence-corrected chi connectivity index (χ4v) is 3.75. The van der Waals surface area contributed by atoms with Gasteiger partial charge >= 0.3 is 0 Å². The van der Waals surface area contributed by atoms with Crippen molar-refractivity contribution < 1.29 is 4.79 Å². The number of rotatable bonds is 5. The van der Waals surface area contributed by atoms with E-state index in [9.17, 15) is 10.1 Å². The van der Waals surface area contributed by atoms with Crippen molar-refractivity contribution in [2.75, 3.05) is 31.1 Å². The molecule has 162 valence electrons. The highest BCUT2D eigenvalue weighted by Crippen LogP contribution is 2.20. The van der Waals surface area contributed by atoms with Gasteiger partial charge in [-0.05, 0) is 53.6 Å². The highest BCUT2D eigenvalue weighted by molar-refractivity contribution is 6.30. The van der Waals surface area contributed by atoms with Gasteiger partial charge in [0.2, 0.25) is 5.91 Å². The molecule has 0 radical (unpaired) electrons. The van der Waals surface area contributed by atoms with Crippen molar-refractivity contribution >= 4 is 29.4 Å². The maximum Gasteiger partial charge on any atom is 0.246 e. The van der Waals surface area contributed by atoms with Crippen LogP contribution >= 0.6 is 11.6 Å². The fourth-order valence-electron chi connectivity index (χ4n) is 3.56. The van der Waals surface area contributed by atoms with Crippen LogP contribution in [-0.2, 0) is 11.3 Å². The summed E-state index contributed by atoms with van der Waals surface area (Å²) in [5.41, 5.74) is 2.30. The van der Waals surface area contributed by atoms with Gasteiger partial charge < -0.3 is 9.80 Å². The maximum atomic E-state index is 12.8. The number of anilines is 1. The molecule has 3 heterocycles. The molecule has 0 atom stereocenters. The van der Waals surface area contributed by atoms with Crippen molar-refractivity contribution in [3.8, 4) is 6.07 Å². The molecule has 1 aliphatic rings. The van der Waals surface area contributed by atoms with Gasteiger partial charge in [-0.3, -0.25) is 4.79 Å². The number of nitriles is 1. The van der Waals surface area contributed by atoms with Crippen LogP contribution in [0, 0.1) is 18.3 Å². The number of hydrogen-bond acceptors (Lipinski definition) is 7. The van der Waals surface area contributed by atoms with E-state index in [4.69, 9.17) is 11.6 Å². The third-order valence-corrected chi connectivity index (χ3v) is 5.41. The van der Waals surface area contributed by atoms with E-state index in [2.05, 4.69) is 26.5 Å². The molecule has 10 heteroatoms. The van der Waals surface area contributed by atoms with Crippen molar-refractivity contribution in [2.24, 2.45) is 0 Å². The summed E-state index contributed by atoms with van der Waals surface area (Å²) in [5, 5.41) is 22.0. The lowest BCUT2D eigenvalue weighted by Gasteiger charge is -2.35. The number of carbonyl (C=O) groups is 1. The van der Waals surface area contributed by atoms with Crippen LogP contribution in [0.5, 0.6) is 0 Å². The molecule has 2 aromatic heterocycles. The second-order valence-corrected chi connectivity index (χ2v) is 7.78. The Labute approximate surface area is 190 Å². The summed E-state index contributed by atoms with van der Waals surface area (Å²) in [6.45, 7) is 4.53. The number of carbonyl (C=O) groups excluding carboxylic acids is 1. The average Bonchev–Trinajstić information content (AvgIpc) is 3.23. The van der Waals surface area contributed by atoms with Gasteiger partial charge in [-0.15, -0.1) is 10.2 Å². The van der Waals surface area contributed by atoms with Crippen molar-refractivity contribution in [3.05, 3.63) is 70.1 Å². The van der Waals surface area contributed by atoms with Crippen LogP contribution < -0.4 is 4.90 Å². The Morgan fingerprint density at radius 2 is 2.06 bits per heavy atom. The van der Waals surface area contributed by atoms with Crippen LogP contribution in [-0.4, -0.2) is 62.2 Å². The number of halogens is 1. The van der Waals surface area contributed by atoms with Crippen LogP contribution in [0.15, 0.2) is 42.6 Å². The summed E-state index contributed by atoms with van der Waals surface area (Å²) in [6.07, 6.45) is 5.04. The van der Waals surface area contributed by atoms with E-state index in [0.29, 0.717) is 55.0 Å². The Morgan fingerprint density at radius 1 is 1.25 bits per heavy atom. The summed E-state index contributed by atoms with van der Waals surface area (Å²) in [6, 6.07) is 11.2. The van der Waals surface area contributed by atoms with Gasteiger partial charge in [-0.2, -0.15) is 10.1 Å². The Balaban J connectivity index is 1.41. The molecular weight excluding hydrogens is 428 g/mol.